The molecular weight excluding hydrogens is 1110 g/mol. The highest BCUT2D eigenvalue weighted by Crippen LogP contribution is 2.46. The summed E-state index contributed by atoms with van der Waals surface area (Å²) in [7, 11) is 3.56. The van der Waals surface area contributed by atoms with Gasteiger partial charge in [0.2, 0.25) is 0 Å². The Morgan fingerprint density at radius 2 is 1.10 bits per heavy atom. The number of nitrogens with zero attached hydrogens (tertiary/aromatic N) is 7. The summed E-state index contributed by atoms with van der Waals surface area (Å²) >= 11 is 2.76. The third kappa shape index (κ3) is 13.1. The largest absolute Gasteiger partial charge is 0.476 e. The molecule has 6 heterocycles. The molecule has 12 rings (SSSR count). The predicted octanol–water partition coefficient (Wildman–Crippen LogP) is 10.1. The van der Waals surface area contributed by atoms with Crippen molar-refractivity contribution in [3.8, 4) is 22.3 Å². The van der Waals surface area contributed by atoms with Crippen molar-refractivity contribution in [2.75, 3.05) is 39.5 Å². The van der Waals surface area contributed by atoms with Gasteiger partial charge in [0.15, 0.2) is 17.1 Å². The van der Waals surface area contributed by atoms with Crippen molar-refractivity contribution in [1.82, 2.24) is 39.3 Å². The molecule has 1 amide bonds. The van der Waals surface area contributed by atoms with Gasteiger partial charge in [0.25, 0.3) is 5.91 Å². The Kier molecular flexibility index (Phi) is 18.3. The molecule has 8 aromatic rings. The minimum absolute atomic E-state index is 0.0125. The van der Waals surface area contributed by atoms with Gasteiger partial charge in [-0.25, -0.2) is 34.3 Å². The fraction of sp³-hybridized carbons (Fsp3) is 0.333. The fourth-order valence-electron chi connectivity index (χ4n) is 11.3. The molecule has 4 aromatic carbocycles. The summed E-state index contributed by atoms with van der Waals surface area (Å²) in [6.45, 7) is 7.55. The van der Waals surface area contributed by atoms with Crippen molar-refractivity contribution in [3.63, 3.8) is 0 Å². The van der Waals surface area contributed by atoms with Gasteiger partial charge in [-0.3, -0.25) is 14.4 Å². The van der Waals surface area contributed by atoms with Gasteiger partial charge in [-0.15, -0.1) is 22.7 Å². The summed E-state index contributed by atoms with van der Waals surface area (Å²) in [5, 5.41) is 16.7. The Bertz CT molecular complexity index is 3610. The van der Waals surface area contributed by atoms with E-state index in [2.05, 4.69) is 73.8 Å². The first-order chi connectivity index (χ1) is 40.7. The van der Waals surface area contributed by atoms with Crippen LogP contribution >= 0.6 is 22.7 Å². The number of aryl methyl sites for hydroxylation is 3. The van der Waals surface area contributed by atoms with E-state index >= 15 is 0 Å². The second-order valence-electron chi connectivity index (χ2n) is 21.0. The number of hydrogen-bond donors (Lipinski definition) is 2. The monoisotopic (exact) mass is 1170 g/mol. The van der Waals surface area contributed by atoms with E-state index in [1.54, 1.807) is 72.2 Å². The highest BCUT2D eigenvalue weighted by atomic mass is 32.1. The number of rotatable bonds is 16. The van der Waals surface area contributed by atoms with Crippen molar-refractivity contribution >= 4 is 58.4 Å². The van der Waals surface area contributed by atoms with Gasteiger partial charge >= 0.3 is 29.8 Å². The van der Waals surface area contributed by atoms with E-state index in [-0.39, 0.29) is 84.6 Å². The van der Waals surface area contributed by atoms with Crippen LogP contribution < -0.4 is 5.32 Å². The number of aromatic carboxylic acids is 1. The molecule has 434 valence electrons. The van der Waals surface area contributed by atoms with Gasteiger partial charge in [-0.2, -0.15) is 0 Å². The number of thiazole rings is 2. The normalized spacial score (nSPS) is 17.4. The number of aromatic nitrogens is 6. The van der Waals surface area contributed by atoms with E-state index in [1.165, 1.54) is 62.3 Å². The van der Waals surface area contributed by atoms with Crippen molar-refractivity contribution in [2.45, 2.75) is 70.4 Å². The van der Waals surface area contributed by atoms with Crippen LogP contribution in [-0.2, 0) is 42.6 Å². The fourth-order valence-corrected chi connectivity index (χ4v) is 13.1. The highest BCUT2D eigenvalue weighted by Gasteiger charge is 2.41. The zero-order valence-electron chi connectivity index (χ0n) is 47.1. The van der Waals surface area contributed by atoms with Crippen LogP contribution in [0.25, 0.3) is 22.3 Å². The maximum atomic E-state index is 13.5. The molecule has 2 saturated heterocycles. The van der Waals surface area contributed by atoms with Crippen LogP contribution in [0.15, 0.2) is 127 Å². The van der Waals surface area contributed by atoms with Crippen molar-refractivity contribution in [2.24, 2.45) is 25.9 Å². The molecule has 2 N–H and O–H groups in total. The number of carbonyl (C=O) groups is 6. The molecule has 4 aromatic heterocycles. The Morgan fingerprint density at radius 3 is 1.55 bits per heavy atom. The lowest BCUT2D eigenvalue weighted by molar-refractivity contribution is -0.145. The zero-order valence-corrected chi connectivity index (χ0v) is 48.8. The number of fused-ring (bicyclic) bond motifs is 6. The molecule has 21 heteroatoms. The summed E-state index contributed by atoms with van der Waals surface area (Å²) in [5.74, 6) is -1.75. The van der Waals surface area contributed by atoms with Crippen molar-refractivity contribution in [1.29, 1.82) is 0 Å². The number of likely N-dealkylation sites (tertiary alicyclic amines) is 1. The van der Waals surface area contributed by atoms with E-state index in [4.69, 9.17) is 24.1 Å². The third-order valence-corrected chi connectivity index (χ3v) is 17.3. The number of carboxylic acids is 1. The summed E-state index contributed by atoms with van der Waals surface area (Å²) in [5.41, 5.74) is 10.5. The first-order valence-corrected chi connectivity index (χ1v) is 29.6. The molecule has 2 aliphatic carbocycles. The first-order valence-electron chi connectivity index (χ1n) is 27.9. The highest BCUT2D eigenvalue weighted by molar-refractivity contribution is 7.10. The van der Waals surface area contributed by atoms with E-state index in [0.29, 0.717) is 54.8 Å². The summed E-state index contributed by atoms with van der Waals surface area (Å²) in [6.07, 6.45) is 6.60. The van der Waals surface area contributed by atoms with Crippen LogP contribution in [-0.4, -0.2) is 114 Å². The minimum atomic E-state index is -0.983. The number of hydrogen-bond acceptors (Lipinski definition) is 17. The number of esters is 4. The van der Waals surface area contributed by atoms with Gasteiger partial charge in [0, 0.05) is 62.1 Å². The van der Waals surface area contributed by atoms with Crippen molar-refractivity contribution < 1.29 is 52.8 Å². The SMILES string of the molecule is CCOC(=O)c1csc([C@@H]2C[C@@H](CC(=O)OCC3c4ccccc4-c4ccccc43)CN2)n1.CCOC(=O)c1csc([C@@H]2C[C@@H](CC(=O)OCC3c4ccccc4-c4ccccc43)CN2C(=O)c2cn(C)cn2)n1.Cc1nc(C(=O)O)cn1C. The number of ether oxygens (including phenoxy) is 4. The van der Waals surface area contributed by atoms with Crippen LogP contribution in [0.2, 0.25) is 0 Å². The molecule has 0 unspecified atom stereocenters. The van der Waals surface area contributed by atoms with Gasteiger partial charge in [0.1, 0.15) is 34.7 Å². The molecule has 2 fully saturated rings. The second kappa shape index (κ2) is 26.3. The summed E-state index contributed by atoms with van der Waals surface area (Å²) in [4.78, 5) is 92.3. The van der Waals surface area contributed by atoms with E-state index in [0.717, 1.165) is 29.1 Å². The van der Waals surface area contributed by atoms with Crippen LogP contribution in [0.3, 0.4) is 0 Å². The second-order valence-corrected chi connectivity index (χ2v) is 22.7. The lowest BCUT2D eigenvalue weighted by Crippen LogP contribution is -2.31. The molecule has 19 nitrogen and oxygen atoms in total. The van der Waals surface area contributed by atoms with Gasteiger partial charge in [-0.1, -0.05) is 97.1 Å². The molecule has 0 saturated carbocycles. The Labute approximate surface area is 493 Å². The Balaban J connectivity index is 0.000000163. The van der Waals surface area contributed by atoms with Gasteiger partial charge in [-0.05, 0) is 96.5 Å². The summed E-state index contributed by atoms with van der Waals surface area (Å²) < 4.78 is 25.1. The van der Waals surface area contributed by atoms with E-state index < -0.39 is 17.9 Å². The molecule has 4 atom stereocenters. The Morgan fingerprint density at radius 1 is 0.607 bits per heavy atom. The number of carbonyl (C=O) groups excluding carboxylic acids is 5. The van der Waals surface area contributed by atoms with Crippen LogP contribution in [0.1, 0.15) is 143 Å². The van der Waals surface area contributed by atoms with Gasteiger partial charge < -0.3 is 43.4 Å². The molecule has 4 aliphatic rings. The lowest BCUT2D eigenvalue weighted by Gasteiger charge is -2.22. The maximum absolute atomic E-state index is 13.5. The number of imidazole rings is 2. The maximum Gasteiger partial charge on any atom is 0.357 e. The van der Waals surface area contributed by atoms with Gasteiger partial charge in [0.05, 0.1) is 38.0 Å². The minimum Gasteiger partial charge on any atom is -0.476 e. The quantitative estimate of drug-likeness (QED) is 0.0676. The number of carboxylic acid groups (broad SMARTS) is 1. The van der Waals surface area contributed by atoms with Crippen LogP contribution in [0.5, 0.6) is 0 Å². The average Bonchev–Trinajstić information content (AvgIpc) is 3.20. The molecule has 2 aliphatic heterocycles. The lowest BCUT2D eigenvalue weighted by atomic mass is 9.98. The van der Waals surface area contributed by atoms with Crippen LogP contribution in [0.4, 0.5) is 0 Å². The molecule has 0 radical (unpaired) electrons. The summed E-state index contributed by atoms with van der Waals surface area (Å²) in [6, 6.07) is 32.8. The van der Waals surface area contributed by atoms with Crippen LogP contribution in [0, 0.1) is 18.8 Å². The smallest absolute Gasteiger partial charge is 0.357 e. The molecule has 84 heavy (non-hydrogen) atoms. The Hall–Kier alpha value is -8.66. The number of amides is 1. The third-order valence-electron chi connectivity index (χ3n) is 15.4. The number of nitrogens with one attached hydrogen (secondary N) is 1. The van der Waals surface area contributed by atoms with Crippen molar-refractivity contribution in [3.05, 3.63) is 187 Å². The molecule has 0 bridgehead atoms. The molecule has 0 spiro atoms. The standard InChI is InChI=1S/C31H30N4O5S.C26H26N2O4S.C6H8N2O2/c1-3-39-31(38)26-17-41-29(33-26)27-12-19(14-35(27)30(37)25-15-34(2)18-32-25)13-28(36)40-16-24-22-10-6-4-8-20(22)21-9-5-7-11-23(21)24;1-2-31-26(30)23-15-33-25(28-23)22-11-16(13-27-22)12-24(29)32-14-21-19-9-5-3-7-17(19)18-8-4-6-10-20(18)21;1-4-7-5(6(9)10)3-8(4)2/h4-11,15,17-19,24,27H,3,12-14,16H2,1-2H3;3-10,15-16,21-22,27H,2,11-14H2,1H3;3H,1-2H3,(H,9,10)/t19-,27-;16-,22-;/m00./s1. The van der Waals surface area contributed by atoms with E-state index in [9.17, 15) is 28.8 Å². The topological polar surface area (TPSA) is 236 Å². The first kappa shape index (κ1) is 58.5. The molecular formula is C63H64N8O11S2. The average molecular weight is 1170 g/mol. The van der Waals surface area contributed by atoms with E-state index in [1.807, 2.05) is 48.5 Å². The number of benzene rings is 4. The predicted molar refractivity (Wildman–Crippen MR) is 314 cm³/mol. The zero-order chi connectivity index (χ0) is 59.0.